The molecule has 0 fully saturated rings. The Morgan fingerprint density at radius 1 is 0.739 bits per heavy atom. The van der Waals surface area contributed by atoms with Gasteiger partial charge in [0.15, 0.2) is 0 Å². The van der Waals surface area contributed by atoms with Crippen LogP contribution < -0.4 is 10.4 Å². The van der Waals surface area contributed by atoms with Crippen LogP contribution in [0.5, 0.6) is 0 Å². The van der Waals surface area contributed by atoms with Crippen LogP contribution in [0.3, 0.4) is 0 Å². The molecule has 0 saturated heterocycles. The molecule has 0 atom stereocenters. The van der Waals surface area contributed by atoms with E-state index in [-0.39, 0.29) is 5.41 Å². The van der Waals surface area contributed by atoms with Crippen molar-refractivity contribution in [2.75, 3.05) is 4.90 Å². The summed E-state index contributed by atoms with van der Waals surface area (Å²) in [4.78, 5) is 2.31. The molecule has 4 rings (SSSR count). The van der Waals surface area contributed by atoms with Crippen molar-refractivity contribution >= 4 is 30.4 Å². The molecule has 3 aromatic rings. The van der Waals surface area contributed by atoms with E-state index in [9.17, 15) is 0 Å². The van der Waals surface area contributed by atoms with Gasteiger partial charge < -0.3 is 4.90 Å². The molecule has 0 aliphatic carbocycles. The van der Waals surface area contributed by atoms with Gasteiger partial charge in [0.2, 0.25) is 0 Å². The summed E-state index contributed by atoms with van der Waals surface area (Å²) in [7, 11) is 6.10. The van der Waals surface area contributed by atoms with Crippen LogP contribution in [0.15, 0.2) is 72.8 Å². The van der Waals surface area contributed by atoms with Crippen molar-refractivity contribution < 1.29 is 0 Å². The van der Waals surface area contributed by atoms with Crippen molar-refractivity contribution in [2.24, 2.45) is 0 Å². The molecule has 23 heavy (non-hydrogen) atoms. The number of anilines is 3. The second-order valence-electron chi connectivity index (χ2n) is 6.59. The smallest absolute Gasteiger partial charge is 0.113 e. The highest BCUT2D eigenvalue weighted by Gasteiger charge is 2.36. The van der Waals surface area contributed by atoms with E-state index in [0.29, 0.717) is 0 Å². The Bertz CT molecular complexity index is 868. The molecule has 1 aliphatic rings. The lowest BCUT2D eigenvalue weighted by Gasteiger charge is -2.42. The maximum absolute atomic E-state index is 6.10. The van der Waals surface area contributed by atoms with Crippen LogP contribution in [-0.2, 0) is 5.41 Å². The van der Waals surface area contributed by atoms with Crippen molar-refractivity contribution in [3.05, 3.63) is 83.9 Å². The van der Waals surface area contributed by atoms with Gasteiger partial charge in [-0.2, -0.15) is 0 Å². The van der Waals surface area contributed by atoms with Crippen LogP contribution >= 0.6 is 0 Å². The molecule has 0 N–H and O–H groups in total. The molecule has 2 heteroatoms. The monoisotopic (exact) mass is 295 g/mol. The fourth-order valence-electron chi connectivity index (χ4n) is 3.59. The van der Waals surface area contributed by atoms with Gasteiger partial charge in [0.25, 0.3) is 0 Å². The first-order valence-electron chi connectivity index (χ1n) is 7.94. The van der Waals surface area contributed by atoms with Crippen molar-refractivity contribution in [3.63, 3.8) is 0 Å². The van der Waals surface area contributed by atoms with Gasteiger partial charge in [0, 0.05) is 16.8 Å². The second-order valence-corrected chi connectivity index (χ2v) is 6.59. The molecule has 1 heterocycles. The molecule has 3 aromatic carbocycles. The molecule has 1 aliphatic heterocycles. The van der Waals surface area contributed by atoms with E-state index in [4.69, 9.17) is 7.85 Å². The molecule has 2 radical (unpaired) electrons. The first-order valence-corrected chi connectivity index (χ1v) is 7.94. The van der Waals surface area contributed by atoms with E-state index >= 15 is 0 Å². The van der Waals surface area contributed by atoms with Gasteiger partial charge in [-0.3, -0.25) is 0 Å². The Morgan fingerprint density at radius 2 is 1.39 bits per heavy atom. The number of hydrogen-bond donors (Lipinski definition) is 0. The summed E-state index contributed by atoms with van der Waals surface area (Å²) in [5.41, 5.74) is 6.92. The lowest BCUT2D eigenvalue weighted by Crippen LogP contribution is -2.31. The minimum Gasteiger partial charge on any atom is -0.310 e. The quantitative estimate of drug-likeness (QED) is 0.593. The molecule has 0 spiro atoms. The van der Waals surface area contributed by atoms with Crippen LogP contribution in [0.1, 0.15) is 25.0 Å². The number of fused-ring (bicyclic) bond motifs is 2. The van der Waals surface area contributed by atoms with Gasteiger partial charge in [0.1, 0.15) is 7.85 Å². The van der Waals surface area contributed by atoms with E-state index in [1.165, 1.54) is 22.5 Å². The Hall–Kier alpha value is -2.48. The van der Waals surface area contributed by atoms with Crippen molar-refractivity contribution in [3.8, 4) is 0 Å². The van der Waals surface area contributed by atoms with E-state index in [2.05, 4.69) is 79.4 Å². The molecule has 0 amide bonds. The number of benzene rings is 3. The van der Waals surface area contributed by atoms with Gasteiger partial charge in [-0.25, -0.2) is 0 Å². The lowest BCUT2D eigenvalue weighted by atomic mass is 9.72. The highest BCUT2D eigenvalue weighted by molar-refractivity contribution is 6.32. The summed E-state index contributed by atoms with van der Waals surface area (Å²) in [6, 6.07) is 25.4. The summed E-state index contributed by atoms with van der Waals surface area (Å²) in [5, 5.41) is 0. The Morgan fingerprint density at radius 3 is 2.17 bits per heavy atom. The molecule has 110 valence electrons. The summed E-state index contributed by atoms with van der Waals surface area (Å²) in [5.74, 6) is 0. The van der Waals surface area contributed by atoms with Crippen molar-refractivity contribution in [1.29, 1.82) is 0 Å². The van der Waals surface area contributed by atoms with Gasteiger partial charge >= 0.3 is 0 Å². The Balaban J connectivity index is 2.06. The third-order valence-corrected chi connectivity index (χ3v) is 4.77. The van der Waals surface area contributed by atoms with E-state index in [1.54, 1.807) is 0 Å². The minimum atomic E-state index is -0.0507. The zero-order chi connectivity index (χ0) is 16.0. The third kappa shape index (κ3) is 2.09. The zero-order valence-electron chi connectivity index (χ0n) is 13.5. The standard InChI is InChI=1S/C21H18BN/c1-21(2)17-10-6-7-11-19(17)23(16-8-4-3-5-9-16)20-14-15(22)12-13-18(20)21/h3-14H,1-2H3. The molecule has 1 nitrogen and oxygen atoms in total. The number of nitrogens with zero attached hydrogens (tertiary/aromatic N) is 1. The SMILES string of the molecule is [B]c1ccc2c(c1)N(c1ccccc1)c1ccccc1C2(C)C. The zero-order valence-corrected chi connectivity index (χ0v) is 13.5. The lowest BCUT2D eigenvalue weighted by molar-refractivity contribution is 0.632. The highest BCUT2D eigenvalue weighted by atomic mass is 15.2. The van der Waals surface area contributed by atoms with E-state index in [1.807, 2.05) is 12.1 Å². The first kappa shape index (κ1) is 14.1. The first-order chi connectivity index (χ1) is 11.1. The van der Waals surface area contributed by atoms with Crippen molar-refractivity contribution in [2.45, 2.75) is 19.3 Å². The molecule has 0 unspecified atom stereocenters. The van der Waals surface area contributed by atoms with Gasteiger partial charge in [-0.05, 0) is 35.4 Å². The highest BCUT2D eigenvalue weighted by Crippen LogP contribution is 2.51. The number of hydrogen-bond acceptors (Lipinski definition) is 1. The van der Waals surface area contributed by atoms with Crippen LogP contribution in [0, 0.1) is 0 Å². The van der Waals surface area contributed by atoms with Crippen LogP contribution in [0.25, 0.3) is 0 Å². The van der Waals surface area contributed by atoms with Gasteiger partial charge in [-0.15, -0.1) is 0 Å². The average molecular weight is 295 g/mol. The van der Waals surface area contributed by atoms with Gasteiger partial charge in [-0.1, -0.05) is 67.8 Å². The molecule has 0 bridgehead atoms. The maximum atomic E-state index is 6.10. The number of para-hydroxylation sites is 2. The van der Waals surface area contributed by atoms with Gasteiger partial charge in [0.05, 0.1) is 5.69 Å². The van der Waals surface area contributed by atoms with Crippen LogP contribution in [-0.4, -0.2) is 7.85 Å². The summed E-state index contributed by atoms with van der Waals surface area (Å²) < 4.78 is 0. The van der Waals surface area contributed by atoms with Crippen LogP contribution in [0.2, 0.25) is 0 Å². The number of rotatable bonds is 1. The van der Waals surface area contributed by atoms with Crippen molar-refractivity contribution in [1.82, 2.24) is 0 Å². The topological polar surface area (TPSA) is 3.24 Å². The van der Waals surface area contributed by atoms with E-state index in [0.717, 1.165) is 11.2 Å². The predicted octanol–water partition coefficient (Wildman–Crippen LogP) is 4.59. The molecular weight excluding hydrogens is 277 g/mol. The van der Waals surface area contributed by atoms with Crippen LogP contribution in [0.4, 0.5) is 17.1 Å². The molecular formula is C21H18BN. The minimum absolute atomic E-state index is 0.0507. The Labute approximate surface area is 139 Å². The normalized spacial score (nSPS) is 15.0. The maximum Gasteiger partial charge on any atom is 0.113 e. The van der Waals surface area contributed by atoms with E-state index < -0.39 is 0 Å². The molecule has 0 saturated carbocycles. The third-order valence-electron chi connectivity index (χ3n) is 4.77. The summed E-state index contributed by atoms with van der Waals surface area (Å²) >= 11 is 0. The fraction of sp³-hybridized carbons (Fsp3) is 0.143. The molecule has 0 aromatic heterocycles. The second kappa shape index (κ2) is 5.02. The predicted molar refractivity (Wildman–Crippen MR) is 98.6 cm³/mol. The average Bonchev–Trinajstić information content (AvgIpc) is 2.56. The fourth-order valence-corrected chi connectivity index (χ4v) is 3.59. The summed E-state index contributed by atoms with van der Waals surface area (Å²) in [6.45, 7) is 4.56. The Kier molecular flexibility index (Phi) is 3.09. The summed E-state index contributed by atoms with van der Waals surface area (Å²) in [6.07, 6.45) is 0. The largest absolute Gasteiger partial charge is 0.310 e.